The average molecular weight is 179 g/mol. The molecular weight excluding hydrogens is 166 g/mol. The Morgan fingerprint density at radius 1 is 1.54 bits per heavy atom. The van der Waals surface area contributed by atoms with Crippen LogP contribution in [0.1, 0.15) is 25.5 Å². The maximum atomic E-state index is 10.6. The van der Waals surface area contributed by atoms with Crippen molar-refractivity contribution in [1.82, 2.24) is 0 Å². The monoisotopic (exact) mass is 179 g/mol. The van der Waals surface area contributed by atoms with Gasteiger partial charge in [0.05, 0.1) is 0 Å². The zero-order chi connectivity index (χ0) is 9.84. The minimum Gasteiger partial charge on any atom is -0.427 e. The highest BCUT2D eigenvalue weighted by Gasteiger charge is 2.02. The van der Waals surface area contributed by atoms with Crippen LogP contribution in [0.3, 0.4) is 0 Å². The molecule has 0 amide bonds. The molecule has 0 aliphatic rings. The SMILES string of the molecule is CC(=O)Oc1cccc(C(C)N)c1. The van der Waals surface area contributed by atoms with Gasteiger partial charge in [-0.15, -0.1) is 0 Å². The normalized spacial score (nSPS) is 12.2. The van der Waals surface area contributed by atoms with E-state index in [0.717, 1.165) is 5.56 Å². The smallest absolute Gasteiger partial charge is 0.308 e. The molecule has 0 spiro atoms. The standard InChI is InChI=1S/C10H13NO2/c1-7(11)9-4-3-5-10(6-9)13-8(2)12/h3-7H,11H2,1-2H3. The second-order valence-corrected chi connectivity index (χ2v) is 2.95. The van der Waals surface area contributed by atoms with Gasteiger partial charge in [-0.05, 0) is 24.6 Å². The molecule has 1 unspecified atom stereocenters. The molecule has 2 N–H and O–H groups in total. The van der Waals surface area contributed by atoms with Crippen molar-refractivity contribution < 1.29 is 9.53 Å². The lowest BCUT2D eigenvalue weighted by Gasteiger charge is -2.07. The maximum absolute atomic E-state index is 10.6. The van der Waals surface area contributed by atoms with Crippen LogP contribution >= 0.6 is 0 Å². The molecule has 1 atom stereocenters. The van der Waals surface area contributed by atoms with Crippen molar-refractivity contribution in [3.8, 4) is 5.75 Å². The molecule has 3 heteroatoms. The Morgan fingerprint density at radius 2 is 2.23 bits per heavy atom. The third-order valence-corrected chi connectivity index (χ3v) is 1.65. The minimum absolute atomic E-state index is 0.0458. The van der Waals surface area contributed by atoms with Crippen LogP contribution in [0.15, 0.2) is 24.3 Å². The lowest BCUT2D eigenvalue weighted by Crippen LogP contribution is -2.06. The molecule has 1 rings (SSSR count). The highest BCUT2D eigenvalue weighted by Crippen LogP contribution is 2.17. The van der Waals surface area contributed by atoms with E-state index in [9.17, 15) is 4.79 Å². The summed E-state index contributed by atoms with van der Waals surface area (Å²) >= 11 is 0. The summed E-state index contributed by atoms with van der Waals surface area (Å²) in [4.78, 5) is 10.6. The van der Waals surface area contributed by atoms with Crippen molar-refractivity contribution in [2.24, 2.45) is 5.73 Å². The van der Waals surface area contributed by atoms with E-state index in [4.69, 9.17) is 10.5 Å². The van der Waals surface area contributed by atoms with Crippen LogP contribution in [0.4, 0.5) is 0 Å². The molecule has 70 valence electrons. The summed E-state index contributed by atoms with van der Waals surface area (Å²) in [5.74, 6) is 0.226. The summed E-state index contributed by atoms with van der Waals surface area (Å²) < 4.78 is 4.91. The molecular formula is C10H13NO2. The third-order valence-electron chi connectivity index (χ3n) is 1.65. The molecule has 0 aliphatic carbocycles. The number of rotatable bonds is 2. The number of esters is 1. The Labute approximate surface area is 77.5 Å². The maximum Gasteiger partial charge on any atom is 0.308 e. The van der Waals surface area contributed by atoms with Crippen LogP contribution in [-0.2, 0) is 4.79 Å². The van der Waals surface area contributed by atoms with E-state index in [2.05, 4.69) is 0 Å². The first-order valence-electron chi connectivity index (χ1n) is 4.13. The fraction of sp³-hybridized carbons (Fsp3) is 0.300. The fourth-order valence-corrected chi connectivity index (χ4v) is 1.03. The molecule has 0 aromatic heterocycles. The van der Waals surface area contributed by atoms with Gasteiger partial charge < -0.3 is 10.5 Å². The molecule has 0 saturated carbocycles. The first-order chi connectivity index (χ1) is 6.09. The minimum atomic E-state index is -0.318. The number of hydrogen-bond acceptors (Lipinski definition) is 3. The van der Waals surface area contributed by atoms with Gasteiger partial charge in [-0.2, -0.15) is 0 Å². The lowest BCUT2D eigenvalue weighted by molar-refractivity contribution is -0.131. The van der Waals surface area contributed by atoms with E-state index in [1.165, 1.54) is 6.92 Å². The molecule has 3 nitrogen and oxygen atoms in total. The van der Waals surface area contributed by atoms with Gasteiger partial charge in [0.2, 0.25) is 0 Å². The molecule has 13 heavy (non-hydrogen) atoms. The first kappa shape index (κ1) is 9.74. The molecule has 0 bridgehead atoms. The van der Waals surface area contributed by atoms with Crippen LogP contribution < -0.4 is 10.5 Å². The lowest BCUT2D eigenvalue weighted by atomic mass is 10.1. The van der Waals surface area contributed by atoms with Crippen LogP contribution in [0.25, 0.3) is 0 Å². The number of hydrogen-bond donors (Lipinski definition) is 1. The largest absolute Gasteiger partial charge is 0.427 e. The highest BCUT2D eigenvalue weighted by atomic mass is 16.5. The van der Waals surface area contributed by atoms with Gasteiger partial charge in [0.1, 0.15) is 5.75 Å². The number of nitrogens with two attached hydrogens (primary N) is 1. The number of carbonyl (C=O) groups is 1. The third kappa shape index (κ3) is 2.87. The van der Waals surface area contributed by atoms with Crippen molar-refractivity contribution in [3.05, 3.63) is 29.8 Å². The van der Waals surface area contributed by atoms with Crippen LogP contribution in [0, 0.1) is 0 Å². The molecule has 0 aliphatic heterocycles. The quantitative estimate of drug-likeness (QED) is 0.554. The van der Waals surface area contributed by atoms with E-state index < -0.39 is 0 Å². The Balaban J connectivity index is 2.85. The topological polar surface area (TPSA) is 52.3 Å². The van der Waals surface area contributed by atoms with E-state index in [-0.39, 0.29) is 12.0 Å². The Bertz CT molecular complexity index is 308. The van der Waals surface area contributed by atoms with E-state index in [0.29, 0.717) is 5.75 Å². The van der Waals surface area contributed by atoms with E-state index in [1.807, 2.05) is 19.1 Å². The summed E-state index contributed by atoms with van der Waals surface area (Å²) in [6, 6.07) is 7.17. The van der Waals surface area contributed by atoms with Crippen LogP contribution in [0.2, 0.25) is 0 Å². The number of benzene rings is 1. The average Bonchev–Trinajstić information content (AvgIpc) is 2.03. The Morgan fingerprint density at radius 3 is 2.77 bits per heavy atom. The van der Waals surface area contributed by atoms with Gasteiger partial charge in [-0.1, -0.05) is 12.1 Å². The first-order valence-corrected chi connectivity index (χ1v) is 4.13. The van der Waals surface area contributed by atoms with Gasteiger partial charge in [0.25, 0.3) is 0 Å². The van der Waals surface area contributed by atoms with Crippen molar-refractivity contribution in [3.63, 3.8) is 0 Å². The second kappa shape index (κ2) is 4.05. The molecule has 0 heterocycles. The number of carbonyl (C=O) groups excluding carboxylic acids is 1. The van der Waals surface area contributed by atoms with Gasteiger partial charge in [0, 0.05) is 13.0 Å². The van der Waals surface area contributed by atoms with Crippen molar-refractivity contribution >= 4 is 5.97 Å². The van der Waals surface area contributed by atoms with Crippen molar-refractivity contribution in [1.29, 1.82) is 0 Å². The predicted molar refractivity (Wildman–Crippen MR) is 50.4 cm³/mol. The molecule has 1 aromatic carbocycles. The fourth-order valence-electron chi connectivity index (χ4n) is 1.03. The van der Waals surface area contributed by atoms with Gasteiger partial charge in [-0.25, -0.2) is 0 Å². The van der Waals surface area contributed by atoms with Crippen LogP contribution in [0.5, 0.6) is 5.75 Å². The summed E-state index contributed by atoms with van der Waals surface area (Å²) in [6.07, 6.45) is 0. The van der Waals surface area contributed by atoms with Crippen molar-refractivity contribution in [2.75, 3.05) is 0 Å². The van der Waals surface area contributed by atoms with E-state index >= 15 is 0 Å². The summed E-state index contributed by atoms with van der Waals surface area (Å²) in [7, 11) is 0. The second-order valence-electron chi connectivity index (χ2n) is 2.95. The predicted octanol–water partition coefficient (Wildman–Crippen LogP) is 1.63. The van der Waals surface area contributed by atoms with Crippen LogP contribution in [-0.4, -0.2) is 5.97 Å². The Hall–Kier alpha value is -1.35. The Kier molecular flexibility index (Phi) is 3.03. The van der Waals surface area contributed by atoms with Gasteiger partial charge >= 0.3 is 5.97 Å². The summed E-state index contributed by atoms with van der Waals surface area (Å²) in [5, 5.41) is 0. The summed E-state index contributed by atoms with van der Waals surface area (Å²) in [6.45, 7) is 3.26. The molecule has 0 saturated heterocycles. The molecule has 0 radical (unpaired) electrons. The number of ether oxygens (including phenoxy) is 1. The van der Waals surface area contributed by atoms with Gasteiger partial charge in [-0.3, -0.25) is 4.79 Å². The zero-order valence-electron chi connectivity index (χ0n) is 7.78. The zero-order valence-corrected chi connectivity index (χ0v) is 7.78. The van der Waals surface area contributed by atoms with Crippen molar-refractivity contribution in [2.45, 2.75) is 19.9 Å². The highest BCUT2D eigenvalue weighted by molar-refractivity contribution is 5.69. The molecule has 1 aromatic rings. The van der Waals surface area contributed by atoms with E-state index in [1.54, 1.807) is 12.1 Å². The summed E-state index contributed by atoms with van der Waals surface area (Å²) in [5.41, 5.74) is 6.63. The molecule has 0 fully saturated rings. The van der Waals surface area contributed by atoms with Gasteiger partial charge in [0.15, 0.2) is 0 Å².